The maximum absolute atomic E-state index is 6.59. The summed E-state index contributed by atoms with van der Waals surface area (Å²) in [5.41, 5.74) is 12.5. The monoisotopic (exact) mass is 603 g/mol. The summed E-state index contributed by atoms with van der Waals surface area (Å²) in [7, 11) is 0. The molecule has 1 aliphatic rings. The minimum absolute atomic E-state index is 0.287. The average molecular weight is 604 g/mol. The molecule has 0 spiro atoms. The molecule has 3 aromatic heterocycles. The zero-order chi connectivity index (χ0) is 31.3. The van der Waals surface area contributed by atoms with E-state index in [1.165, 1.54) is 11.1 Å². The topological polar surface area (TPSA) is 43.9 Å². The molecule has 0 radical (unpaired) electrons. The van der Waals surface area contributed by atoms with E-state index in [1.54, 1.807) is 0 Å². The van der Waals surface area contributed by atoms with E-state index < -0.39 is 0 Å². The fourth-order valence-electron chi connectivity index (χ4n) is 7.89. The molecule has 10 rings (SSSR count). The van der Waals surface area contributed by atoms with Crippen molar-refractivity contribution in [2.75, 3.05) is 0 Å². The van der Waals surface area contributed by atoms with E-state index in [9.17, 15) is 0 Å². The van der Waals surface area contributed by atoms with Crippen LogP contribution in [0, 0.1) is 0 Å². The highest BCUT2D eigenvalue weighted by Gasteiger charge is 2.40. The number of hydrogen-bond donors (Lipinski definition) is 0. The van der Waals surface area contributed by atoms with Crippen LogP contribution in [-0.2, 0) is 5.41 Å². The van der Waals surface area contributed by atoms with Crippen LogP contribution in [0.3, 0.4) is 0 Å². The number of para-hydroxylation sites is 3. The van der Waals surface area contributed by atoms with E-state index >= 15 is 0 Å². The fourth-order valence-corrected chi connectivity index (χ4v) is 7.89. The molecule has 3 heterocycles. The third-order valence-corrected chi connectivity index (χ3v) is 10.0. The molecule has 222 valence electrons. The van der Waals surface area contributed by atoms with Gasteiger partial charge in [0, 0.05) is 43.8 Å². The summed E-state index contributed by atoms with van der Waals surface area (Å²) < 4.78 is 8.98. The maximum atomic E-state index is 6.59. The number of furan rings is 1. The van der Waals surface area contributed by atoms with Gasteiger partial charge in [-0.3, -0.25) is 0 Å². The second-order valence-electron chi connectivity index (χ2n) is 13.0. The Morgan fingerprint density at radius 1 is 0.553 bits per heavy atom. The molecule has 4 heteroatoms. The second-order valence-corrected chi connectivity index (χ2v) is 13.0. The van der Waals surface area contributed by atoms with Crippen molar-refractivity contribution in [1.82, 2.24) is 14.5 Å². The van der Waals surface area contributed by atoms with E-state index in [4.69, 9.17) is 14.4 Å². The van der Waals surface area contributed by atoms with Crippen molar-refractivity contribution >= 4 is 43.7 Å². The molecular formula is C43H29N3O. The summed E-state index contributed by atoms with van der Waals surface area (Å²) in [5.74, 6) is 0.730. The Kier molecular flexibility index (Phi) is 5.31. The molecule has 0 fully saturated rings. The van der Waals surface area contributed by atoms with Crippen LogP contribution in [0.15, 0.2) is 144 Å². The Bertz CT molecular complexity index is 2710. The molecule has 0 aliphatic heterocycles. The quantitative estimate of drug-likeness (QED) is 0.202. The van der Waals surface area contributed by atoms with Gasteiger partial charge >= 0.3 is 0 Å². The van der Waals surface area contributed by atoms with Crippen molar-refractivity contribution in [2.45, 2.75) is 19.3 Å². The molecule has 0 saturated carbocycles. The van der Waals surface area contributed by atoms with Crippen LogP contribution < -0.4 is 0 Å². The number of rotatable bonds is 3. The van der Waals surface area contributed by atoms with Gasteiger partial charge in [0.15, 0.2) is 5.82 Å². The first-order valence-electron chi connectivity index (χ1n) is 16.1. The summed E-state index contributed by atoms with van der Waals surface area (Å²) in [6.07, 6.45) is 0. The molecule has 0 saturated heterocycles. The van der Waals surface area contributed by atoms with Crippen molar-refractivity contribution in [3.63, 3.8) is 0 Å². The highest BCUT2D eigenvalue weighted by molar-refractivity contribution is 6.24. The number of fused-ring (bicyclic) bond motifs is 10. The van der Waals surface area contributed by atoms with E-state index in [1.807, 2.05) is 24.3 Å². The van der Waals surface area contributed by atoms with E-state index in [-0.39, 0.29) is 5.41 Å². The lowest BCUT2D eigenvalue weighted by molar-refractivity contribution is 0.658. The first-order chi connectivity index (χ1) is 23.1. The molecular weight excluding hydrogens is 574 g/mol. The molecule has 0 amide bonds. The van der Waals surface area contributed by atoms with E-state index in [0.717, 1.165) is 83.3 Å². The Morgan fingerprint density at radius 3 is 2.06 bits per heavy atom. The summed E-state index contributed by atoms with van der Waals surface area (Å²) in [5, 5.41) is 4.54. The van der Waals surface area contributed by atoms with Crippen LogP contribution in [0.1, 0.15) is 25.0 Å². The van der Waals surface area contributed by atoms with Crippen molar-refractivity contribution in [3.8, 4) is 39.6 Å². The van der Waals surface area contributed by atoms with Gasteiger partial charge in [-0.25, -0.2) is 9.97 Å². The smallest absolute Gasteiger partial charge is 0.160 e. The second kappa shape index (κ2) is 9.51. The van der Waals surface area contributed by atoms with Crippen LogP contribution in [0.25, 0.3) is 83.3 Å². The van der Waals surface area contributed by atoms with Gasteiger partial charge in [-0.2, -0.15) is 0 Å². The lowest BCUT2D eigenvalue weighted by atomic mass is 9.80. The summed E-state index contributed by atoms with van der Waals surface area (Å²) in [4.78, 5) is 10.7. The van der Waals surface area contributed by atoms with Gasteiger partial charge in [0.2, 0.25) is 0 Å². The van der Waals surface area contributed by atoms with Gasteiger partial charge in [0.1, 0.15) is 11.2 Å². The Balaban J connectivity index is 1.32. The van der Waals surface area contributed by atoms with Gasteiger partial charge < -0.3 is 8.98 Å². The van der Waals surface area contributed by atoms with Crippen LogP contribution in [0.2, 0.25) is 0 Å². The molecule has 0 N–H and O–H groups in total. The molecule has 0 atom stereocenters. The first kappa shape index (κ1) is 26.2. The third-order valence-electron chi connectivity index (χ3n) is 10.0. The Hall–Kier alpha value is -6.00. The standard InChI is InChI=1S/C43H29N3O/c1-43(2)32-20-10-6-17-29(32)39-38(43)40(45-42(44-39)26-14-4-3-5-15-26)31-19-8-12-22-34(31)46-33-21-11-7-18-30(33)37-35(46)25-24-28-27-16-9-13-23-36(27)47-41(28)37/h3-25H,1-2H3. The lowest BCUT2D eigenvalue weighted by Gasteiger charge is -2.25. The van der Waals surface area contributed by atoms with Gasteiger partial charge in [-0.15, -0.1) is 0 Å². The average Bonchev–Trinajstić information content (AvgIpc) is 3.74. The van der Waals surface area contributed by atoms with E-state index in [0.29, 0.717) is 0 Å². The zero-order valence-electron chi connectivity index (χ0n) is 26.0. The summed E-state index contributed by atoms with van der Waals surface area (Å²) in [6, 6.07) is 49.1. The minimum Gasteiger partial charge on any atom is -0.455 e. The van der Waals surface area contributed by atoms with Crippen LogP contribution in [0.5, 0.6) is 0 Å². The van der Waals surface area contributed by atoms with Gasteiger partial charge in [-0.1, -0.05) is 123 Å². The molecule has 0 bridgehead atoms. The first-order valence-corrected chi connectivity index (χ1v) is 16.1. The van der Waals surface area contributed by atoms with Crippen LogP contribution in [-0.4, -0.2) is 14.5 Å². The van der Waals surface area contributed by atoms with Gasteiger partial charge in [0.05, 0.1) is 33.5 Å². The van der Waals surface area contributed by atoms with Crippen molar-refractivity contribution in [3.05, 3.63) is 151 Å². The van der Waals surface area contributed by atoms with Crippen LogP contribution >= 0.6 is 0 Å². The Morgan fingerprint density at radius 2 is 1.21 bits per heavy atom. The van der Waals surface area contributed by atoms with Crippen molar-refractivity contribution < 1.29 is 4.42 Å². The normalized spacial score (nSPS) is 13.5. The molecule has 6 aromatic carbocycles. The van der Waals surface area contributed by atoms with Crippen LogP contribution in [0.4, 0.5) is 0 Å². The predicted molar refractivity (Wildman–Crippen MR) is 192 cm³/mol. The third kappa shape index (κ3) is 3.58. The van der Waals surface area contributed by atoms with Gasteiger partial charge in [-0.05, 0) is 35.9 Å². The lowest BCUT2D eigenvalue weighted by Crippen LogP contribution is -2.18. The highest BCUT2D eigenvalue weighted by atomic mass is 16.3. The number of benzene rings is 6. The molecule has 4 nitrogen and oxygen atoms in total. The molecule has 47 heavy (non-hydrogen) atoms. The number of hydrogen-bond acceptors (Lipinski definition) is 3. The highest BCUT2D eigenvalue weighted by Crippen LogP contribution is 2.52. The molecule has 1 aliphatic carbocycles. The van der Waals surface area contributed by atoms with Crippen molar-refractivity contribution in [1.29, 1.82) is 0 Å². The molecule has 0 unspecified atom stereocenters. The maximum Gasteiger partial charge on any atom is 0.160 e. The largest absolute Gasteiger partial charge is 0.455 e. The van der Waals surface area contributed by atoms with E-state index in [2.05, 4.69) is 134 Å². The van der Waals surface area contributed by atoms with Crippen molar-refractivity contribution in [2.24, 2.45) is 0 Å². The Labute approximate surface area is 271 Å². The fraction of sp³-hybridized carbons (Fsp3) is 0.0698. The SMILES string of the molecule is CC1(C)c2ccccc2-c2nc(-c3ccccc3)nc(-c3ccccc3-n3c4ccccc4c4c5oc6ccccc6c5ccc43)c21. The predicted octanol–water partition coefficient (Wildman–Crippen LogP) is 11.1. The molecule has 9 aromatic rings. The summed E-state index contributed by atoms with van der Waals surface area (Å²) in [6.45, 7) is 4.60. The summed E-state index contributed by atoms with van der Waals surface area (Å²) >= 11 is 0. The minimum atomic E-state index is -0.287. The zero-order valence-corrected chi connectivity index (χ0v) is 26.0. The van der Waals surface area contributed by atoms with Gasteiger partial charge in [0.25, 0.3) is 0 Å². The number of nitrogens with zero attached hydrogens (tertiary/aromatic N) is 3. The number of aromatic nitrogens is 3.